The Hall–Kier alpha value is -3.87. The monoisotopic (exact) mass is 459 g/mol. The van der Waals surface area contributed by atoms with Gasteiger partial charge in [-0.1, -0.05) is 18.2 Å². The van der Waals surface area contributed by atoms with Gasteiger partial charge in [0.15, 0.2) is 0 Å². The molecular formula is C27H29N3O4. The van der Waals surface area contributed by atoms with E-state index in [-0.39, 0.29) is 17.6 Å². The van der Waals surface area contributed by atoms with Crippen LogP contribution in [-0.2, 0) is 16.0 Å². The number of phenolic OH excluding ortho intramolecular Hbond substituents is 1. The summed E-state index contributed by atoms with van der Waals surface area (Å²) < 4.78 is 6.60. The Kier molecular flexibility index (Phi) is 6.82. The molecule has 0 atom stereocenters. The average Bonchev–Trinajstić information content (AvgIpc) is 3.15. The van der Waals surface area contributed by atoms with Gasteiger partial charge in [0.25, 0.3) is 5.91 Å². The normalized spacial score (nSPS) is 13.5. The number of nitrogens with zero attached hydrogens (tertiary/aromatic N) is 3. The maximum absolute atomic E-state index is 13.0. The first-order chi connectivity index (χ1) is 16.4. The smallest absolute Gasteiger partial charge is 0.305 e. The second-order valence-electron chi connectivity index (χ2n) is 8.46. The number of rotatable bonds is 6. The molecule has 0 saturated heterocycles. The molecule has 0 unspecified atom stereocenters. The highest BCUT2D eigenvalue weighted by Crippen LogP contribution is 2.25. The van der Waals surface area contributed by atoms with Gasteiger partial charge in [0.2, 0.25) is 0 Å². The fraction of sp³-hybridized carbons (Fsp3) is 0.296. The molecular weight excluding hydrogens is 430 g/mol. The molecule has 0 radical (unpaired) electrons. The Balaban J connectivity index is 1.44. The van der Waals surface area contributed by atoms with Gasteiger partial charge in [-0.05, 0) is 79.8 Å². The zero-order chi connectivity index (χ0) is 24.2. The second kappa shape index (κ2) is 9.95. The van der Waals surface area contributed by atoms with Crippen molar-refractivity contribution < 1.29 is 19.4 Å². The zero-order valence-corrected chi connectivity index (χ0v) is 19.7. The highest BCUT2D eigenvalue weighted by Gasteiger charge is 2.20. The molecule has 0 aliphatic carbocycles. The maximum Gasteiger partial charge on any atom is 0.305 e. The summed E-state index contributed by atoms with van der Waals surface area (Å²) in [6, 6.07) is 14.6. The third kappa shape index (κ3) is 4.88. The average molecular weight is 460 g/mol. The first kappa shape index (κ1) is 23.3. The Morgan fingerprint density at radius 2 is 1.76 bits per heavy atom. The molecule has 176 valence electrons. The molecule has 3 aromatic rings. The molecule has 1 N–H and O–H groups in total. The summed E-state index contributed by atoms with van der Waals surface area (Å²) in [6.07, 6.45) is 3.74. The molecule has 2 aromatic carbocycles. The van der Waals surface area contributed by atoms with E-state index in [0.717, 1.165) is 34.6 Å². The van der Waals surface area contributed by atoms with Crippen molar-refractivity contribution in [3.05, 3.63) is 82.7 Å². The van der Waals surface area contributed by atoms with Crippen molar-refractivity contribution in [2.24, 2.45) is 0 Å². The molecule has 1 aromatic heterocycles. The third-order valence-electron chi connectivity index (χ3n) is 6.34. The van der Waals surface area contributed by atoms with Gasteiger partial charge in [0.1, 0.15) is 5.75 Å². The SMILES string of the molecule is COC(=O)CCc1c(C)nn(-c2ccc(C(=O)N3CC=C(c4ccc(O)cc4)CC3)cc2)c1C. The molecule has 0 fully saturated rings. The molecule has 7 heteroatoms. The lowest BCUT2D eigenvalue weighted by Crippen LogP contribution is -2.34. The van der Waals surface area contributed by atoms with Crippen LogP contribution in [0.2, 0.25) is 0 Å². The molecule has 0 saturated carbocycles. The summed E-state index contributed by atoms with van der Waals surface area (Å²) in [6.45, 7) is 5.12. The number of phenols is 1. The lowest BCUT2D eigenvalue weighted by Gasteiger charge is -2.27. The van der Waals surface area contributed by atoms with Crippen molar-refractivity contribution in [1.29, 1.82) is 0 Å². The van der Waals surface area contributed by atoms with Gasteiger partial charge in [0, 0.05) is 30.8 Å². The van der Waals surface area contributed by atoms with Gasteiger partial charge in [-0.25, -0.2) is 4.68 Å². The molecule has 1 amide bonds. The van der Waals surface area contributed by atoms with E-state index in [1.165, 1.54) is 12.7 Å². The topological polar surface area (TPSA) is 84.7 Å². The number of hydrogen-bond donors (Lipinski definition) is 1. The molecule has 1 aliphatic heterocycles. The molecule has 4 rings (SSSR count). The molecule has 34 heavy (non-hydrogen) atoms. The van der Waals surface area contributed by atoms with Crippen molar-refractivity contribution in [2.75, 3.05) is 20.2 Å². The van der Waals surface area contributed by atoms with E-state index < -0.39 is 0 Å². The molecule has 2 heterocycles. The van der Waals surface area contributed by atoms with Crippen LogP contribution in [0.4, 0.5) is 0 Å². The predicted molar refractivity (Wildman–Crippen MR) is 130 cm³/mol. The van der Waals surface area contributed by atoms with Gasteiger partial charge in [-0.15, -0.1) is 0 Å². The number of benzene rings is 2. The van der Waals surface area contributed by atoms with Gasteiger partial charge >= 0.3 is 5.97 Å². The highest BCUT2D eigenvalue weighted by molar-refractivity contribution is 5.95. The maximum atomic E-state index is 13.0. The number of carbonyl (C=O) groups excluding carboxylic acids is 2. The van der Waals surface area contributed by atoms with Crippen LogP contribution in [-0.4, -0.2) is 51.9 Å². The van der Waals surface area contributed by atoms with Crippen LogP contribution in [0, 0.1) is 13.8 Å². The van der Waals surface area contributed by atoms with Crippen molar-refractivity contribution in [3.63, 3.8) is 0 Å². The first-order valence-electron chi connectivity index (χ1n) is 11.4. The molecule has 0 spiro atoms. The number of methoxy groups -OCH3 is 1. The van der Waals surface area contributed by atoms with Crippen LogP contribution in [0.1, 0.15) is 45.7 Å². The first-order valence-corrected chi connectivity index (χ1v) is 11.4. The van der Waals surface area contributed by atoms with E-state index in [0.29, 0.717) is 31.5 Å². The fourth-order valence-electron chi connectivity index (χ4n) is 4.34. The second-order valence-corrected chi connectivity index (χ2v) is 8.46. The summed E-state index contributed by atoms with van der Waals surface area (Å²) in [5, 5.41) is 14.1. The van der Waals surface area contributed by atoms with E-state index >= 15 is 0 Å². The minimum absolute atomic E-state index is 0.000286. The standard InChI is InChI=1S/C27H29N3O4/c1-18-25(12-13-26(32)34-3)19(2)30(28-18)23-8-4-22(5-9-23)27(33)29-16-14-21(15-17-29)20-6-10-24(31)11-7-20/h4-11,14,31H,12-13,15-17H2,1-3H3. The third-order valence-corrected chi connectivity index (χ3v) is 6.34. The number of aromatic nitrogens is 2. The zero-order valence-electron chi connectivity index (χ0n) is 19.7. The van der Waals surface area contributed by atoms with E-state index in [1.54, 1.807) is 12.1 Å². The van der Waals surface area contributed by atoms with Gasteiger partial charge in [0.05, 0.1) is 18.5 Å². The number of aromatic hydroxyl groups is 1. The van der Waals surface area contributed by atoms with Crippen molar-refractivity contribution in [1.82, 2.24) is 14.7 Å². The van der Waals surface area contributed by atoms with Crippen molar-refractivity contribution >= 4 is 17.4 Å². The van der Waals surface area contributed by atoms with Gasteiger partial charge in [-0.3, -0.25) is 9.59 Å². The fourth-order valence-corrected chi connectivity index (χ4v) is 4.34. The van der Waals surface area contributed by atoms with Crippen LogP contribution in [0.15, 0.2) is 54.6 Å². The summed E-state index contributed by atoms with van der Waals surface area (Å²) >= 11 is 0. The van der Waals surface area contributed by atoms with E-state index in [9.17, 15) is 14.7 Å². The van der Waals surface area contributed by atoms with E-state index in [4.69, 9.17) is 4.74 Å². The summed E-state index contributed by atoms with van der Waals surface area (Å²) in [4.78, 5) is 26.4. The number of carbonyl (C=O) groups is 2. The quantitative estimate of drug-likeness (QED) is 0.558. The van der Waals surface area contributed by atoms with E-state index in [1.807, 2.05) is 59.8 Å². The number of amides is 1. The minimum atomic E-state index is -0.239. The van der Waals surface area contributed by atoms with Crippen LogP contribution < -0.4 is 0 Å². The van der Waals surface area contributed by atoms with Gasteiger partial charge < -0.3 is 14.7 Å². The van der Waals surface area contributed by atoms with Crippen LogP contribution in [0.3, 0.4) is 0 Å². The van der Waals surface area contributed by atoms with E-state index in [2.05, 4.69) is 11.2 Å². The highest BCUT2D eigenvalue weighted by atomic mass is 16.5. The number of aryl methyl sites for hydroxylation is 1. The summed E-state index contributed by atoms with van der Waals surface area (Å²) in [7, 11) is 1.39. The molecule has 7 nitrogen and oxygen atoms in total. The Morgan fingerprint density at radius 3 is 2.38 bits per heavy atom. The largest absolute Gasteiger partial charge is 0.508 e. The van der Waals surface area contributed by atoms with Crippen molar-refractivity contribution in [2.45, 2.75) is 33.1 Å². The number of hydrogen-bond acceptors (Lipinski definition) is 5. The predicted octanol–water partition coefficient (Wildman–Crippen LogP) is 4.23. The number of ether oxygens (including phenoxy) is 1. The molecule has 1 aliphatic rings. The van der Waals surface area contributed by atoms with Crippen LogP contribution >= 0.6 is 0 Å². The van der Waals surface area contributed by atoms with Crippen LogP contribution in [0.25, 0.3) is 11.3 Å². The molecule has 0 bridgehead atoms. The van der Waals surface area contributed by atoms with Crippen LogP contribution in [0.5, 0.6) is 5.75 Å². The summed E-state index contributed by atoms with van der Waals surface area (Å²) in [5.41, 5.74) is 6.66. The number of esters is 1. The Labute approximate surface area is 199 Å². The van der Waals surface area contributed by atoms with Gasteiger partial charge in [-0.2, -0.15) is 5.10 Å². The summed E-state index contributed by atoms with van der Waals surface area (Å²) in [5.74, 6) is 0.00939. The lowest BCUT2D eigenvalue weighted by atomic mass is 9.99. The lowest BCUT2D eigenvalue weighted by molar-refractivity contribution is -0.140. The van der Waals surface area contributed by atoms with Crippen molar-refractivity contribution in [3.8, 4) is 11.4 Å². The Morgan fingerprint density at radius 1 is 1.06 bits per heavy atom. The Bertz CT molecular complexity index is 1220. The minimum Gasteiger partial charge on any atom is -0.508 e.